The zero-order chi connectivity index (χ0) is 21.1. The first kappa shape index (κ1) is 22.7. The number of benzene rings is 3. The molecule has 3 aromatic rings. The maximum Gasteiger partial charge on any atom is 0.132 e. The van der Waals surface area contributed by atoms with E-state index in [0.29, 0.717) is 13.2 Å². The van der Waals surface area contributed by atoms with Crippen molar-refractivity contribution in [2.24, 2.45) is 5.73 Å². The van der Waals surface area contributed by atoms with Gasteiger partial charge in [-0.25, -0.2) is 0 Å². The molecule has 4 rings (SSSR count). The second-order valence-electron chi connectivity index (χ2n) is 7.75. The van der Waals surface area contributed by atoms with Crippen LogP contribution >= 0.6 is 12.4 Å². The van der Waals surface area contributed by atoms with Gasteiger partial charge in [-0.2, -0.15) is 0 Å². The van der Waals surface area contributed by atoms with Gasteiger partial charge in [0.2, 0.25) is 0 Å². The Morgan fingerprint density at radius 3 is 2.19 bits per heavy atom. The van der Waals surface area contributed by atoms with Crippen LogP contribution < -0.4 is 19.9 Å². The van der Waals surface area contributed by atoms with Gasteiger partial charge in [0.15, 0.2) is 0 Å². The van der Waals surface area contributed by atoms with E-state index in [4.69, 9.17) is 19.9 Å². The number of rotatable bonds is 6. The van der Waals surface area contributed by atoms with E-state index in [2.05, 4.69) is 56.3 Å². The third-order valence-corrected chi connectivity index (χ3v) is 5.27. The summed E-state index contributed by atoms with van der Waals surface area (Å²) < 4.78 is 17.6. The van der Waals surface area contributed by atoms with E-state index in [1.165, 1.54) is 0 Å². The van der Waals surface area contributed by atoms with Gasteiger partial charge >= 0.3 is 0 Å². The Morgan fingerprint density at radius 1 is 0.871 bits per heavy atom. The topological polar surface area (TPSA) is 53.7 Å². The van der Waals surface area contributed by atoms with Gasteiger partial charge in [0.05, 0.1) is 7.11 Å². The van der Waals surface area contributed by atoms with Crippen molar-refractivity contribution < 1.29 is 14.2 Å². The Hall–Kier alpha value is -2.95. The lowest BCUT2D eigenvalue weighted by Gasteiger charge is -2.38. The monoisotopic (exact) mass is 437 g/mol. The molecule has 31 heavy (non-hydrogen) atoms. The molecule has 0 amide bonds. The maximum atomic E-state index is 6.48. The van der Waals surface area contributed by atoms with Crippen LogP contribution in [0.3, 0.4) is 0 Å². The van der Waals surface area contributed by atoms with Crippen LogP contribution in [-0.4, -0.2) is 25.9 Å². The lowest BCUT2D eigenvalue weighted by Crippen LogP contribution is -2.34. The Kier molecular flexibility index (Phi) is 6.94. The SMILES string of the molecule is COc1ccc2c(c1)OC(C)(C)C(c1ccccc1)=C2c1ccc(OCCN)cc1.Cl. The van der Waals surface area contributed by atoms with Gasteiger partial charge < -0.3 is 19.9 Å². The summed E-state index contributed by atoms with van der Waals surface area (Å²) >= 11 is 0. The number of methoxy groups -OCH3 is 1. The third kappa shape index (κ3) is 4.55. The number of nitrogens with two attached hydrogens (primary N) is 1. The van der Waals surface area contributed by atoms with Crippen LogP contribution in [0.4, 0.5) is 0 Å². The van der Waals surface area contributed by atoms with Crippen LogP contribution in [0.5, 0.6) is 17.2 Å². The van der Waals surface area contributed by atoms with Gasteiger partial charge in [0.1, 0.15) is 29.5 Å². The molecule has 0 aromatic heterocycles. The number of hydrogen-bond acceptors (Lipinski definition) is 4. The Bertz CT molecular complexity index is 1060. The smallest absolute Gasteiger partial charge is 0.132 e. The van der Waals surface area contributed by atoms with Gasteiger partial charge in [-0.15, -0.1) is 12.4 Å². The predicted octanol–water partition coefficient (Wildman–Crippen LogP) is 5.58. The molecule has 5 heteroatoms. The van der Waals surface area contributed by atoms with Crippen LogP contribution in [-0.2, 0) is 0 Å². The van der Waals surface area contributed by atoms with Crippen LogP contribution in [0.2, 0.25) is 0 Å². The Balaban J connectivity index is 0.00000272. The lowest BCUT2D eigenvalue weighted by atomic mass is 9.79. The molecule has 4 nitrogen and oxygen atoms in total. The molecule has 3 aromatic carbocycles. The van der Waals surface area contributed by atoms with Crippen molar-refractivity contribution in [2.75, 3.05) is 20.3 Å². The second kappa shape index (κ2) is 9.46. The Morgan fingerprint density at radius 2 is 1.55 bits per heavy atom. The first-order valence-electron chi connectivity index (χ1n) is 10.1. The summed E-state index contributed by atoms with van der Waals surface area (Å²) in [6.07, 6.45) is 0. The highest BCUT2D eigenvalue weighted by Crippen LogP contribution is 2.48. The van der Waals surface area contributed by atoms with Crippen LogP contribution in [0.15, 0.2) is 72.8 Å². The highest BCUT2D eigenvalue weighted by molar-refractivity contribution is 6.04. The lowest BCUT2D eigenvalue weighted by molar-refractivity contribution is 0.168. The van der Waals surface area contributed by atoms with E-state index >= 15 is 0 Å². The molecule has 0 saturated carbocycles. The molecule has 0 fully saturated rings. The molecular formula is C26H28ClNO3. The molecule has 2 N–H and O–H groups in total. The molecule has 0 saturated heterocycles. The van der Waals surface area contributed by atoms with Crippen LogP contribution in [0.25, 0.3) is 11.1 Å². The average molecular weight is 438 g/mol. The minimum absolute atomic E-state index is 0. The molecule has 162 valence electrons. The minimum Gasteiger partial charge on any atom is -0.497 e. The molecule has 0 bridgehead atoms. The fourth-order valence-corrected chi connectivity index (χ4v) is 3.97. The first-order chi connectivity index (χ1) is 14.5. The van der Waals surface area contributed by atoms with Crippen molar-refractivity contribution in [3.63, 3.8) is 0 Å². The van der Waals surface area contributed by atoms with Crippen molar-refractivity contribution in [3.8, 4) is 17.2 Å². The molecule has 0 aliphatic carbocycles. The van der Waals surface area contributed by atoms with Crippen molar-refractivity contribution in [1.82, 2.24) is 0 Å². The van der Waals surface area contributed by atoms with Crippen molar-refractivity contribution in [3.05, 3.63) is 89.5 Å². The predicted molar refractivity (Wildman–Crippen MR) is 128 cm³/mol. The molecule has 0 atom stereocenters. The van der Waals surface area contributed by atoms with Crippen LogP contribution in [0, 0.1) is 0 Å². The van der Waals surface area contributed by atoms with E-state index in [1.807, 2.05) is 30.3 Å². The molecule has 1 aliphatic rings. The number of halogens is 1. The fraction of sp³-hybridized carbons (Fsp3) is 0.231. The van der Waals surface area contributed by atoms with Gasteiger partial charge in [0.25, 0.3) is 0 Å². The average Bonchev–Trinajstić information content (AvgIpc) is 2.76. The number of hydrogen-bond donors (Lipinski definition) is 1. The highest BCUT2D eigenvalue weighted by atomic mass is 35.5. The summed E-state index contributed by atoms with van der Waals surface area (Å²) in [7, 11) is 1.67. The Labute approximate surface area is 190 Å². The fourth-order valence-electron chi connectivity index (χ4n) is 3.97. The summed E-state index contributed by atoms with van der Waals surface area (Å²) in [5.74, 6) is 2.41. The van der Waals surface area contributed by atoms with Crippen molar-refractivity contribution in [1.29, 1.82) is 0 Å². The van der Waals surface area contributed by atoms with Crippen molar-refractivity contribution in [2.45, 2.75) is 19.4 Å². The standard InChI is InChI=1S/C26H27NO3.ClH/c1-26(2)25(19-7-5-4-6-8-19)24(18-9-11-20(12-10-18)29-16-15-27)22-14-13-21(28-3)17-23(22)30-26;/h4-14,17H,15-16,27H2,1-3H3;1H. The molecule has 0 unspecified atom stereocenters. The van der Waals surface area contributed by atoms with Crippen molar-refractivity contribution >= 4 is 23.6 Å². The zero-order valence-corrected chi connectivity index (χ0v) is 18.9. The van der Waals surface area contributed by atoms with Gasteiger partial charge in [0, 0.05) is 29.3 Å². The van der Waals surface area contributed by atoms with E-state index in [1.54, 1.807) is 7.11 Å². The summed E-state index contributed by atoms with van der Waals surface area (Å²) in [5.41, 5.74) is 10.6. The van der Waals surface area contributed by atoms with E-state index in [-0.39, 0.29) is 12.4 Å². The number of fused-ring (bicyclic) bond motifs is 1. The summed E-state index contributed by atoms with van der Waals surface area (Å²) in [6, 6.07) is 24.6. The van der Waals surface area contributed by atoms with E-state index in [9.17, 15) is 0 Å². The molecule has 0 radical (unpaired) electrons. The molecule has 1 heterocycles. The summed E-state index contributed by atoms with van der Waals surface area (Å²) in [5, 5.41) is 0. The van der Waals surface area contributed by atoms with Crippen LogP contribution in [0.1, 0.15) is 30.5 Å². The van der Waals surface area contributed by atoms with E-state index < -0.39 is 5.60 Å². The van der Waals surface area contributed by atoms with Gasteiger partial charge in [-0.3, -0.25) is 0 Å². The largest absolute Gasteiger partial charge is 0.497 e. The normalized spacial score (nSPS) is 14.2. The first-order valence-corrected chi connectivity index (χ1v) is 10.1. The van der Waals surface area contributed by atoms with Gasteiger partial charge in [-0.1, -0.05) is 42.5 Å². The quantitative estimate of drug-likeness (QED) is 0.546. The van der Waals surface area contributed by atoms with E-state index in [0.717, 1.165) is 45.1 Å². The molecule has 1 aliphatic heterocycles. The highest BCUT2D eigenvalue weighted by Gasteiger charge is 2.36. The second-order valence-corrected chi connectivity index (χ2v) is 7.75. The maximum absolute atomic E-state index is 6.48. The minimum atomic E-state index is -0.523. The summed E-state index contributed by atoms with van der Waals surface area (Å²) in [6.45, 7) is 5.21. The number of ether oxygens (including phenoxy) is 3. The molecular weight excluding hydrogens is 410 g/mol. The zero-order valence-electron chi connectivity index (χ0n) is 18.1. The summed E-state index contributed by atoms with van der Waals surface area (Å²) in [4.78, 5) is 0. The molecule has 0 spiro atoms. The third-order valence-electron chi connectivity index (χ3n) is 5.27. The van der Waals surface area contributed by atoms with Gasteiger partial charge in [-0.05, 0) is 49.2 Å².